The van der Waals surface area contributed by atoms with Gasteiger partial charge in [0.15, 0.2) is 0 Å². The number of hydrogen-bond donors (Lipinski definition) is 0. The minimum Gasteiger partial charge on any atom is -0.269 e. The van der Waals surface area contributed by atoms with Gasteiger partial charge in [-0.25, -0.2) is 0 Å². The second-order valence-electron chi connectivity index (χ2n) is 5.97. The molecule has 5 heteroatoms. The van der Waals surface area contributed by atoms with Gasteiger partial charge in [0.25, 0.3) is 9.05 Å². The Morgan fingerprint density at radius 1 is 0.941 bits per heavy atom. The van der Waals surface area contributed by atoms with E-state index in [0.29, 0.717) is 13.2 Å². The summed E-state index contributed by atoms with van der Waals surface area (Å²) in [6.45, 7) is 13.0. The predicted molar refractivity (Wildman–Crippen MR) is 75.6 cm³/mol. The molecule has 0 saturated carbocycles. The average molecular weight is 282 g/mol. The molecule has 0 atom stereocenters. The lowest BCUT2D eigenvalue weighted by Crippen LogP contribution is -2.25. The zero-order chi connectivity index (χ0) is 13.7. The van der Waals surface area contributed by atoms with Gasteiger partial charge in [0.2, 0.25) is 0 Å². The first-order chi connectivity index (χ1) is 7.54. The molecule has 17 heavy (non-hydrogen) atoms. The molecule has 0 aromatic heterocycles. The van der Waals surface area contributed by atoms with Crippen LogP contribution in [0.3, 0.4) is 0 Å². The Bertz CT molecular complexity index is 293. The van der Waals surface area contributed by atoms with E-state index in [4.69, 9.17) is 19.6 Å². The molecule has 0 aliphatic rings. The Kier molecular flexibility index (Phi) is 6.56. The monoisotopic (exact) mass is 282 g/mol. The summed E-state index contributed by atoms with van der Waals surface area (Å²) in [6, 6.07) is 0. The van der Waals surface area contributed by atoms with Crippen molar-refractivity contribution < 1.29 is 12.6 Å². The summed E-state index contributed by atoms with van der Waals surface area (Å²) in [5.41, 5.74) is -0.0454. The van der Waals surface area contributed by atoms with Gasteiger partial charge in [-0.3, -0.25) is 8.37 Å². The van der Waals surface area contributed by atoms with Crippen molar-refractivity contribution >= 4 is 20.2 Å². The van der Waals surface area contributed by atoms with Crippen LogP contribution in [0.4, 0.5) is 0 Å². The van der Waals surface area contributed by atoms with Gasteiger partial charge in [-0.15, -0.1) is 0 Å². The Labute approximate surface area is 111 Å². The molecule has 3 nitrogen and oxygen atoms in total. The Balaban J connectivity index is 4.24. The van der Waals surface area contributed by atoms with E-state index >= 15 is 0 Å². The first-order valence-corrected chi connectivity index (χ1v) is 8.41. The molecule has 0 aromatic rings. The minimum absolute atomic E-state index is 0.0227. The highest BCUT2D eigenvalue weighted by atomic mass is 32.9. The molecule has 0 spiro atoms. The highest BCUT2D eigenvalue weighted by molar-refractivity contribution is 8.27. The summed E-state index contributed by atoms with van der Waals surface area (Å²) >= 11 is 4.86. The van der Waals surface area contributed by atoms with Crippen molar-refractivity contribution in [2.75, 3.05) is 13.2 Å². The molecule has 0 aliphatic carbocycles. The molecular formula is C12H26O3S2. The lowest BCUT2D eigenvalue weighted by Gasteiger charge is -2.25. The maximum atomic E-state index is 11.9. The van der Waals surface area contributed by atoms with Crippen LogP contribution < -0.4 is 0 Å². The second-order valence-corrected chi connectivity index (χ2v) is 8.48. The summed E-state index contributed by atoms with van der Waals surface area (Å²) in [4.78, 5) is 0. The lowest BCUT2D eigenvalue weighted by atomic mass is 9.92. The van der Waals surface area contributed by atoms with Gasteiger partial charge in [-0.05, 0) is 23.7 Å². The Hall–Kier alpha value is 0.290. The van der Waals surface area contributed by atoms with E-state index in [9.17, 15) is 4.21 Å². The van der Waals surface area contributed by atoms with E-state index in [1.807, 2.05) is 27.7 Å². The number of hydrogen-bond acceptors (Lipinski definition) is 4. The van der Waals surface area contributed by atoms with Crippen LogP contribution in [0.5, 0.6) is 0 Å². The van der Waals surface area contributed by atoms with Gasteiger partial charge in [-0.1, -0.05) is 41.5 Å². The van der Waals surface area contributed by atoms with Gasteiger partial charge < -0.3 is 0 Å². The fourth-order valence-electron chi connectivity index (χ4n) is 0.702. The Morgan fingerprint density at radius 3 is 1.47 bits per heavy atom. The van der Waals surface area contributed by atoms with Crippen LogP contribution in [0.25, 0.3) is 0 Å². The molecule has 0 aliphatic heterocycles. The van der Waals surface area contributed by atoms with Crippen molar-refractivity contribution in [3.8, 4) is 0 Å². The van der Waals surface area contributed by atoms with Crippen LogP contribution in [0.15, 0.2) is 0 Å². The molecule has 104 valence electrons. The molecule has 0 N–H and O–H groups in total. The highest BCUT2D eigenvalue weighted by Crippen LogP contribution is 2.23. The van der Waals surface area contributed by atoms with E-state index in [1.165, 1.54) is 0 Å². The zero-order valence-corrected chi connectivity index (χ0v) is 13.5. The maximum absolute atomic E-state index is 11.9. The SMILES string of the molecule is CCC(C)(C)COS(=O)(=S)OCC(C)(C)CC. The highest BCUT2D eigenvalue weighted by Gasteiger charge is 2.22. The molecule has 0 heterocycles. The molecule has 0 radical (unpaired) electrons. The van der Waals surface area contributed by atoms with Crippen molar-refractivity contribution in [1.82, 2.24) is 0 Å². The van der Waals surface area contributed by atoms with Gasteiger partial charge in [0, 0.05) is 11.2 Å². The quantitative estimate of drug-likeness (QED) is 0.683. The van der Waals surface area contributed by atoms with Crippen LogP contribution >= 0.6 is 0 Å². The molecule has 0 saturated heterocycles. The third-order valence-corrected chi connectivity index (χ3v) is 4.49. The average Bonchev–Trinajstić information content (AvgIpc) is 2.25. The third kappa shape index (κ3) is 8.08. The van der Waals surface area contributed by atoms with Crippen molar-refractivity contribution in [2.24, 2.45) is 10.8 Å². The van der Waals surface area contributed by atoms with Crippen molar-refractivity contribution in [2.45, 2.75) is 54.4 Å². The Morgan fingerprint density at radius 2 is 1.24 bits per heavy atom. The smallest absolute Gasteiger partial charge is 0.269 e. The van der Waals surface area contributed by atoms with Gasteiger partial charge >= 0.3 is 0 Å². The number of rotatable bonds is 8. The summed E-state index contributed by atoms with van der Waals surface area (Å²) in [7, 11) is -3.03. The van der Waals surface area contributed by atoms with E-state index < -0.39 is 9.05 Å². The second kappa shape index (κ2) is 6.45. The van der Waals surface area contributed by atoms with E-state index in [1.54, 1.807) is 0 Å². The van der Waals surface area contributed by atoms with E-state index in [0.717, 1.165) is 12.8 Å². The van der Waals surface area contributed by atoms with Crippen LogP contribution in [0, 0.1) is 10.8 Å². The van der Waals surface area contributed by atoms with Crippen LogP contribution in [0.1, 0.15) is 54.4 Å². The molecule has 0 rings (SSSR count). The van der Waals surface area contributed by atoms with Crippen molar-refractivity contribution in [3.05, 3.63) is 0 Å². The summed E-state index contributed by atoms with van der Waals surface area (Å²) in [5, 5.41) is 0. The first kappa shape index (κ1) is 17.3. The molecule has 0 fully saturated rings. The fraction of sp³-hybridized carbons (Fsp3) is 1.00. The van der Waals surface area contributed by atoms with E-state index in [-0.39, 0.29) is 10.8 Å². The largest absolute Gasteiger partial charge is 0.269 e. The standard InChI is InChI=1S/C12H26O3S2/c1-7-11(3,4)9-14-17(13,16)15-10-12(5,6)8-2/h7-10H2,1-6H3. The van der Waals surface area contributed by atoms with Gasteiger partial charge in [-0.2, -0.15) is 4.21 Å². The molecule has 0 bridgehead atoms. The summed E-state index contributed by atoms with van der Waals surface area (Å²) < 4.78 is 22.4. The topological polar surface area (TPSA) is 35.5 Å². The van der Waals surface area contributed by atoms with Crippen molar-refractivity contribution in [3.63, 3.8) is 0 Å². The first-order valence-electron chi connectivity index (χ1n) is 6.07. The zero-order valence-electron chi connectivity index (χ0n) is 11.9. The maximum Gasteiger partial charge on any atom is 0.269 e. The van der Waals surface area contributed by atoms with Crippen LogP contribution in [-0.4, -0.2) is 17.4 Å². The predicted octanol–water partition coefficient (Wildman–Crippen LogP) is 3.47. The van der Waals surface area contributed by atoms with Gasteiger partial charge in [0.1, 0.15) is 0 Å². The summed E-state index contributed by atoms with van der Waals surface area (Å²) in [5.74, 6) is 0. The van der Waals surface area contributed by atoms with Crippen molar-refractivity contribution in [1.29, 1.82) is 0 Å². The fourth-order valence-corrected chi connectivity index (χ4v) is 1.98. The third-order valence-electron chi connectivity index (χ3n) is 3.10. The molecule has 0 unspecified atom stereocenters. The molecule has 0 aromatic carbocycles. The van der Waals surface area contributed by atoms with Crippen LogP contribution in [0.2, 0.25) is 0 Å². The van der Waals surface area contributed by atoms with Crippen LogP contribution in [-0.2, 0) is 28.6 Å². The van der Waals surface area contributed by atoms with Gasteiger partial charge in [0.05, 0.1) is 13.2 Å². The lowest BCUT2D eigenvalue weighted by molar-refractivity contribution is 0.133. The summed E-state index contributed by atoms with van der Waals surface area (Å²) in [6.07, 6.45) is 1.89. The molecule has 0 amide bonds. The normalized spacial score (nSPS) is 14.0. The minimum atomic E-state index is -3.03. The van der Waals surface area contributed by atoms with E-state index in [2.05, 4.69) is 13.8 Å². The molecular weight excluding hydrogens is 256 g/mol.